The molecule has 2 amide bonds. The molecule has 2 saturated heterocycles. The summed E-state index contributed by atoms with van der Waals surface area (Å²) in [6, 6.07) is 2.10. The molecule has 3 N–H and O–H groups in total. The summed E-state index contributed by atoms with van der Waals surface area (Å²) in [6.45, 7) is 1.87. The summed E-state index contributed by atoms with van der Waals surface area (Å²) in [5, 5.41) is 8.04. The minimum absolute atomic E-state index is 0.00775. The predicted octanol–water partition coefficient (Wildman–Crippen LogP) is 6.32. The molecule has 2 aromatic carbocycles. The molecule has 0 saturated carbocycles. The number of carbonyl (C=O) groups excluding carboxylic acids is 3. The lowest BCUT2D eigenvalue weighted by molar-refractivity contribution is -0.144. The second-order valence-corrected chi connectivity index (χ2v) is 11.4. The number of piperazine rings is 1. The van der Waals surface area contributed by atoms with Gasteiger partial charge in [-0.05, 0) is 73.8 Å². The van der Waals surface area contributed by atoms with E-state index in [0.717, 1.165) is 25.9 Å². The molecule has 0 radical (unpaired) electrons. The van der Waals surface area contributed by atoms with Crippen molar-refractivity contribution in [2.24, 2.45) is 5.92 Å². The average Bonchev–Trinajstić information content (AvgIpc) is 2.97. The summed E-state index contributed by atoms with van der Waals surface area (Å²) in [5.74, 6) is -1.50. The summed E-state index contributed by atoms with van der Waals surface area (Å²) >= 11 is 0. The lowest BCUT2D eigenvalue weighted by Gasteiger charge is -2.26. The van der Waals surface area contributed by atoms with E-state index in [2.05, 4.69) is 16.0 Å². The van der Waals surface area contributed by atoms with Gasteiger partial charge in [0.15, 0.2) is 5.78 Å². The van der Waals surface area contributed by atoms with Crippen LogP contribution in [0.3, 0.4) is 0 Å². The zero-order valence-corrected chi connectivity index (χ0v) is 25.3. The van der Waals surface area contributed by atoms with Crippen molar-refractivity contribution in [2.75, 3.05) is 44.6 Å². The van der Waals surface area contributed by atoms with Gasteiger partial charge in [0.2, 0.25) is 11.8 Å². The Hall–Kier alpha value is -3.87. The fourth-order valence-electron chi connectivity index (χ4n) is 5.02. The molecule has 0 aliphatic carbocycles. The fourth-order valence-corrected chi connectivity index (χ4v) is 5.02. The standard InChI is InChI=1S/C15H14F6N2O2.C15H16F6N2O/c16-14(17,18)10-3-9(4-11(6-10)15(19,20)21)5-12(24)8-23-2-1-22-7-13(23)25;16-14(17,18)10-6-11(15(19,20)21)8-12(7-10)23-13(24)5-9-1-3-22-4-2-9/h3-4,6,22H,1-2,5,7-8H2;6-9,22H,1-5H2,(H,23,24). The topological polar surface area (TPSA) is 90.5 Å². The van der Waals surface area contributed by atoms with Crippen molar-refractivity contribution in [3.8, 4) is 0 Å². The van der Waals surface area contributed by atoms with E-state index in [1.54, 1.807) is 0 Å². The second kappa shape index (κ2) is 15.8. The maximum atomic E-state index is 12.8. The quantitative estimate of drug-likeness (QED) is 0.292. The van der Waals surface area contributed by atoms with Gasteiger partial charge in [-0.15, -0.1) is 0 Å². The van der Waals surface area contributed by atoms with Crippen LogP contribution in [0.5, 0.6) is 0 Å². The maximum Gasteiger partial charge on any atom is 0.416 e. The summed E-state index contributed by atoms with van der Waals surface area (Å²) in [5.41, 5.74) is -6.73. The first kappa shape index (κ1) is 39.6. The molecular weight excluding hydrogens is 692 g/mol. The van der Waals surface area contributed by atoms with Gasteiger partial charge in [-0.2, -0.15) is 52.7 Å². The van der Waals surface area contributed by atoms with Crippen LogP contribution in [0.2, 0.25) is 0 Å². The molecule has 7 nitrogen and oxygen atoms in total. The molecule has 2 heterocycles. The van der Waals surface area contributed by atoms with Gasteiger partial charge in [0.25, 0.3) is 0 Å². The number of hydrogen-bond donors (Lipinski definition) is 3. The molecule has 49 heavy (non-hydrogen) atoms. The van der Waals surface area contributed by atoms with Crippen molar-refractivity contribution < 1.29 is 67.1 Å². The highest BCUT2D eigenvalue weighted by Crippen LogP contribution is 2.38. The van der Waals surface area contributed by atoms with E-state index in [1.165, 1.54) is 4.90 Å². The van der Waals surface area contributed by atoms with Gasteiger partial charge in [-0.1, -0.05) is 0 Å². The summed E-state index contributed by atoms with van der Waals surface area (Å²) in [6.07, 6.45) is -18.9. The van der Waals surface area contributed by atoms with E-state index >= 15 is 0 Å². The van der Waals surface area contributed by atoms with E-state index in [4.69, 9.17) is 0 Å². The normalized spacial score (nSPS) is 16.6. The number of hydrogen-bond acceptors (Lipinski definition) is 5. The van der Waals surface area contributed by atoms with Crippen molar-refractivity contribution in [1.29, 1.82) is 0 Å². The van der Waals surface area contributed by atoms with Crippen molar-refractivity contribution in [1.82, 2.24) is 15.5 Å². The van der Waals surface area contributed by atoms with Crippen LogP contribution in [0.1, 0.15) is 47.1 Å². The van der Waals surface area contributed by atoms with Crippen molar-refractivity contribution in [2.45, 2.75) is 50.4 Å². The number of carbonyl (C=O) groups is 3. The number of nitrogens with zero attached hydrogens (tertiary/aromatic N) is 1. The van der Waals surface area contributed by atoms with Crippen LogP contribution in [0.15, 0.2) is 36.4 Å². The third-order valence-corrected chi connectivity index (χ3v) is 7.41. The lowest BCUT2D eigenvalue weighted by Crippen LogP contribution is -2.49. The predicted molar refractivity (Wildman–Crippen MR) is 150 cm³/mol. The molecule has 2 aliphatic rings. The molecular formula is C30H30F12N4O3. The number of anilines is 1. The lowest BCUT2D eigenvalue weighted by atomic mass is 9.94. The highest BCUT2D eigenvalue weighted by Gasteiger charge is 2.38. The minimum atomic E-state index is -4.96. The number of halogens is 12. The van der Waals surface area contributed by atoms with Crippen LogP contribution in [-0.2, 0) is 45.5 Å². The highest BCUT2D eigenvalue weighted by atomic mass is 19.4. The molecule has 19 heteroatoms. The molecule has 4 rings (SSSR count). The van der Waals surface area contributed by atoms with Crippen LogP contribution in [0.25, 0.3) is 0 Å². The molecule has 0 spiro atoms. The van der Waals surface area contributed by atoms with Crippen molar-refractivity contribution in [3.63, 3.8) is 0 Å². The Bertz CT molecular complexity index is 1420. The van der Waals surface area contributed by atoms with Crippen LogP contribution < -0.4 is 16.0 Å². The Morgan fingerprint density at radius 2 is 1.16 bits per heavy atom. The molecule has 2 aromatic rings. The second-order valence-electron chi connectivity index (χ2n) is 11.4. The van der Waals surface area contributed by atoms with Crippen molar-refractivity contribution >= 4 is 23.3 Å². The van der Waals surface area contributed by atoms with Crippen LogP contribution in [0.4, 0.5) is 58.4 Å². The number of piperidine rings is 1. The van der Waals surface area contributed by atoms with Crippen LogP contribution in [-0.4, -0.2) is 61.8 Å². The third kappa shape index (κ3) is 12.5. The first-order chi connectivity index (χ1) is 22.5. The molecule has 0 aromatic heterocycles. The number of benzene rings is 2. The summed E-state index contributed by atoms with van der Waals surface area (Å²) in [4.78, 5) is 36.7. The Balaban J connectivity index is 0.000000266. The van der Waals surface area contributed by atoms with E-state index in [0.29, 0.717) is 30.8 Å². The van der Waals surface area contributed by atoms with Gasteiger partial charge in [-0.3, -0.25) is 14.4 Å². The molecule has 0 unspecified atom stereocenters. The summed E-state index contributed by atoms with van der Waals surface area (Å²) in [7, 11) is 0. The van der Waals surface area contributed by atoms with Crippen molar-refractivity contribution in [3.05, 3.63) is 64.2 Å². The van der Waals surface area contributed by atoms with Gasteiger partial charge in [0.05, 0.1) is 35.3 Å². The smallest absolute Gasteiger partial charge is 0.333 e. The van der Waals surface area contributed by atoms with E-state index < -0.39 is 76.3 Å². The Labute approximate surface area is 271 Å². The average molecular weight is 723 g/mol. The number of Topliss-reactive ketones (excluding diaryl/α,β-unsaturated/α-hetero) is 1. The third-order valence-electron chi connectivity index (χ3n) is 7.41. The van der Waals surface area contributed by atoms with E-state index in [-0.39, 0.29) is 50.0 Å². The molecule has 272 valence electrons. The molecule has 0 atom stereocenters. The van der Waals surface area contributed by atoms with Gasteiger partial charge < -0.3 is 20.9 Å². The number of nitrogens with one attached hydrogen (secondary N) is 3. The van der Waals surface area contributed by atoms with Crippen LogP contribution in [0, 0.1) is 5.92 Å². The zero-order valence-electron chi connectivity index (χ0n) is 25.3. The van der Waals surface area contributed by atoms with Crippen LogP contribution >= 0.6 is 0 Å². The van der Waals surface area contributed by atoms with Gasteiger partial charge in [0.1, 0.15) is 0 Å². The number of amides is 2. The van der Waals surface area contributed by atoms with Gasteiger partial charge in [0, 0.05) is 31.6 Å². The zero-order chi connectivity index (χ0) is 36.8. The molecule has 2 aliphatic heterocycles. The number of ketones is 1. The number of alkyl halides is 12. The fraction of sp³-hybridized carbons (Fsp3) is 0.500. The Morgan fingerprint density at radius 3 is 1.61 bits per heavy atom. The Kier molecular flexibility index (Phi) is 12.7. The van der Waals surface area contributed by atoms with E-state index in [1.807, 2.05) is 0 Å². The highest BCUT2D eigenvalue weighted by molar-refractivity contribution is 5.91. The summed E-state index contributed by atoms with van der Waals surface area (Å²) < 4.78 is 153. The molecule has 0 bridgehead atoms. The largest absolute Gasteiger partial charge is 0.416 e. The maximum absolute atomic E-state index is 12.8. The first-order valence-corrected chi connectivity index (χ1v) is 14.6. The molecule has 2 fully saturated rings. The monoisotopic (exact) mass is 722 g/mol. The minimum Gasteiger partial charge on any atom is -0.333 e. The van der Waals surface area contributed by atoms with Gasteiger partial charge in [-0.25, -0.2) is 0 Å². The number of rotatable bonds is 7. The Morgan fingerprint density at radius 1 is 0.694 bits per heavy atom. The first-order valence-electron chi connectivity index (χ1n) is 14.6. The SMILES string of the molecule is O=C(CC1CCNCC1)Nc1cc(C(F)(F)F)cc(C(F)(F)F)c1.O=C(Cc1cc(C(F)(F)F)cc(C(F)(F)F)c1)CN1CCNCC1=O. The van der Waals surface area contributed by atoms with Gasteiger partial charge >= 0.3 is 24.7 Å². The van der Waals surface area contributed by atoms with E-state index in [9.17, 15) is 67.1 Å².